The predicted octanol–water partition coefficient (Wildman–Crippen LogP) is 9.26. The van der Waals surface area contributed by atoms with Crippen molar-refractivity contribution in [1.29, 1.82) is 0 Å². The molecule has 0 aliphatic rings. The summed E-state index contributed by atoms with van der Waals surface area (Å²) in [5, 5.41) is -0.0656. The second-order valence-electron chi connectivity index (χ2n) is 7.52. The summed E-state index contributed by atoms with van der Waals surface area (Å²) >= 11 is 37.0. The molecule has 0 spiro atoms. The van der Waals surface area contributed by atoms with E-state index in [-0.39, 0.29) is 66.3 Å². The van der Waals surface area contributed by atoms with Crippen molar-refractivity contribution in [3.8, 4) is 23.0 Å². The third-order valence-corrected chi connectivity index (χ3v) is 6.82. The van der Waals surface area contributed by atoms with Crippen LogP contribution in [0.4, 0.5) is 0 Å². The molecule has 2 aromatic rings. The van der Waals surface area contributed by atoms with E-state index >= 15 is 0 Å². The molecule has 0 aromatic heterocycles. The zero-order chi connectivity index (χ0) is 26.8. The standard InChI is InChI=1S/C24H24Cl6O6/c1-3-5-7-9-33-21-17(29)13(25)11-15(27)19(21)35-23(31)24(32)36-20-16(28)12-14(26)18(30)22(20)34-10-8-6-4-2/h11-12H,3-10H2,1-2H3. The highest BCUT2D eigenvalue weighted by atomic mass is 35.5. The maximum absolute atomic E-state index is 12.6. The Morgan fingerprint density at radius 3 is 1.28 bits per heavy atom. The summed E-state index contributed by atoms with van der Waals surface area (Å²) in [5.74, 6) is -3.54. The number of hydrogen-bond donors (Lipinski definition) is 0. The van der Waals surface area contributed by atoms with Crippen LogP contribution in [0.3, 0.4) is 0 Å². The van der Waals surface area contributed by atoms with Gasteiger partial charge >= 0.3 is 11.9 Å². The Hall–Kier alpha value is -1.28. The van der Waals surface area contributed by atoms with E-state index in [1.54, 1.807) is 0 Å². The van der Waals surface area contributed by atoms with Gasteiger partial charge < -0.3 is 18.9 Å². The second kappa shape index (κ2) is 15.2. The van der Waals surface area contributed by atoms with Gasteiger partial charge in [0.2, 0.25) is 0 Å². The van der Waals surface area contributed by atoms with Gasteiger partial charge in [-0.05, 0) is 25.0 Å². The summed E-state index contributed by atoms with van der Waals surface area (Å²) in [5.41, 5.74) is 0. The minimum atomic E-state index is -1.42. The summed E-state index contributed by atoms with van der Waals surface area (Å²) in [7, 11) is 0. The molecule has 0 aliphatic carbocycles. The lowest BCUT2D eigenvalue weighted by Crippen LogP contribution is -2.26. The van der Waals surface area contributed by atoms with E-state index in [0.29, 0.717) is 12.8 Å². The van der Waals surface area contributed by atoms with Crippen molar-refractivity contribution in [3.63, 3.8) is 0 Å². The highest BCUT2D eigenvalue weighted by Gasteiger charge is 2.29. The van der Waals surface area contributed by atoms with Gasteiger partial charge in [-0.2, -0.15) is 0 Å². The smallest absolute Gasteiger partial charge is 0.423 e. The fourth-order valence-corrected chi connectivity index (χ4v) is 4.24. The molecule has 2 rings (SSSR count). The molecule has 36 heavy (non-hydrogen) atoms. The summed E-state index contributed by atoms with van der Waals surface area (Å²) in [6.45, 7) is 4.58. The number of carbonyl (C=O) groups excluding carboxylic acids is 2. The van der Waals surface area contributed by atoms with Crippen LogP contribution in [-0.2, 0) is 9.59 Å². The van der Waals surface area contributed by atoms with Crippen molar-refractivity contribution in [3.05, 3.63) is 42.3 Å². The van der Waals surface area contributed by atoms with Gasteiger partial charge in [-0.15, -0.1) is 0 Å². The summed E-state index contributed by atoms with van der Waals surface area (Å²) in [6.07, 6.45) is 5.15. The molecule has 0 bridgehead atoms. The molecule has 0 fully saturated rings. The van der Waals surface area contributed by atoms with E-state index in [1.807, 2.05) is 13.8 Å². The van der Waals surface area contributed by atoms with Gasteiger partial charge in [-0.3, -0.25) is 0 Å². The average molecular weight is 621 g/mol. The lowest BCUT2D eigenvalue weighted by atomic mass is 10.2. The average Bonchev–Trinajstić information content (AvgIpc) is 2.84. The van der Waals surface area contributed by atoms with Crippen molar-refractivity contribution < 1.29 is 28.5 Å². The normalized spacial score (nSPS) is 10.8. The Bertz CT molecular complexity index is 1010. The number of halogens is 6. The summed E-state index contributed by atoms with van der Waals surface area (Å²) in [6, 6.07) is 2.52. The molecule has 2 aromatic carbocycles. The fourth-order valence-electron chi connectivity index (χ4n) is 2.88. The van der Waals surface area contributed by atoms with Gasteiger partial charge in [0.25, 0.3) is 0 Å². The number of ether oxygens (including phenoxy) is 4. The number of esters is 2. The molecule has 6 nitrogen and oxygen atoms in total. The van der Waals surface area contributed by atoms with Gasteiger partial charge in [-0.1, -0.05) is 109 Å². The molecule has 0 saturated carbocycles. The molecule has 0 heterocycles. The molecule has 0 amide bonds. The van der Waals surface area contributed by atoms with Gasteiger partial charge in [0, 0.05) is 0 Å². The first-order valence-corrected chi connectivity index (χ1v) is 13.4. The van der Waals surface area contributed by atoms with Crippen LogP contribution in [0.25, 0.3) is 0 Å². The number of hydrogen-bond acceptors (Lipinski definition) is 6. The van der Waals surface area contributed by atoms with Gasteiger partial charge in [-0.25, -0.2) is 9.59 Å². The highest BCUT2D eigenvalue weighted by molar-refractivity contribution is 6.46. The van der Waals surface area contributed by atoms with Crippen LogP contribution in [0.2, 0.25) is 30.1 Å². The van der Waals surface area contributed by atoms with E-state index < -0.39 is 11.9 Å². The monoisotopic (exact) mass is 618 g/mol. The van der Waals surface area contributed by atoms with Crippen LogP contribution in [0, 0.1) is 0 Å². The van der Waals surface area contributed by atoms with Crippen molar-refractivity contribution >= 4 is 81.5 Å². The molecular weight excluding hydrogens is 597 g/mol. The Balaban J connectivity index is 2.27. The third kappa shape index (κ3) is 8.37. The van der Waals surface area contributed by atoms with Crippen LogP contribution in [0.1, 0.15) is 52.4 Å². The van der Waals surface area contributed by atoms with Crippen molar-refractivity contribution in [2.24, 2.45) is 0 Å². The Labute approximate surface area is 239 Å². The van der Waals surface area contributed by atoms with E-state index in [1.165, 1.54) is 12.1 Å². The minimum Gasteiger partial charge on any atom is -0.488 e. The number of rotatable bonds is 12. The van der Waals surface area contributed by atoms with E-state index in [9.17, 15) is 9.59 Å². The molecule has 0 radical (unpaired) electrons. The SMILES string of the molecule is CCCCCOc1c(Cl)c(Cl)cc(Cl)c1OC(=O)C(=O)Oc1c(Cl)cc(Cl)c(Cl)c1OCCCCC. The van der Waals surface area contributed by atoms with E-state index in [0.717, 1.165) is 25.7 Å². The van der Waals surface area contributed by atoms with Crippen LogP contribution in [0.15, 0.2) is 12.1 Å². The number of unbranched alkanes of at least 4 members (excludes halogenated alkanes) is 4. The Morgan fingerprint density at radius 1 is 0.583 bits per heavy atom. The number of carbonyl (C=O) groups is 2. The minimum absolute atomic E-state index is 0.0241. The molecule has 0 atom stereocenters. The van der Waals surface area contributed by atoms with Crippen LogP contribution in [0.5, 0.6) is 23.0 Å². The van der Waals surface area contributed by atoms with Gasteiger partial charge in [0.1, 0.15) is 10.0 Å². The lowest BCUT2D eigenvalue weighted by molar-refractivity contribution is -0.156. The van der Waals surface area contributed by atoms with Crippen LogP contribution < -0.4 is 18.9 Å². The molecule has 198 valence electrons. The Morgan fingerprint density at radius 2 is 0.944 bits per heavy atom. The maximum atomic E-state index is 12.6. The maximum Gasteiger partial charge on any atom is 0.423 e. The highest BCUT2D eigenvalue weighted by Crippen LogP contribution is 2.47. The quantitative estimate of drug-likeness (QED) is 0.0774. The number of benzene rings is 2. The van der Waals surface area contributed by atoms with Gasteiger partial charge in [0.15, 0.2) is 23.0 Å². The Kier molecular flexibility index (Phi) is 13.1. The molecule has 0 saturated heterocycles. The third-order valence-electron chi connectivity index (χ3n) is 4.72. The van der Waals surface area contributed by atoms with Crippen molar-refractivity contribution in [2.45, 2.75) is 52.4 Å². The fraction of sp³-hybridized carbons (Fsp3) is 0.417. The zero-order valence-corrected chi connectivity index (χ0v) is 24.1. The molecule has 0 aliphatic heterocycles. The topological polar surface area (TPSA) is 71.1 Å². The van der Waals surface area contributed by atoms with Crippen molar-refractivity contribution in [1.82, 2.24) is 0 Å². The van der Waals surface area contributed by atoms with E-state index in [4.69, 9.17) is 88.6 Å². The van der Waals surface area contributed by atoms with Crippen LogP contribution >= 0.6 is 69.6 Å². The largest absolute Gasteiger partial charge is 0.488 e. The first-order valence-electron chi connectivity index (χ1n) is 11.2. The molecular formula is C24H24Cl6O6. The van der Waals surface area contributed by atoms with E-state index in [2.05, 4.69) is 0 Å². The van der Waals surface area contributed by atoms with Crippen LogP contribution in [-0.4, -0.2) is 25.2 Å². The van der Waals surface area contributed by atoms with Crippen molar-refractivity contribution in [2.75, 3.05) is 13.2 Å². The first-order chi connectivity index (χ1) is 17.1. The predicted molar refractivity (Wildman–Crippen MR) is 144 cm³/mol. The zero-order valence-electron chi connectivity index (χ0n) is 19.5. The summed E-state index contributed by atoms with van der Waals surface area (Å²) < 4.78 is 21.7. The first kappa shape index (κ1) is 30.9. The summed E-state index contributed by atoms with van der Waals surface area (Å²) in [4.78, 5) is 25.3. The molecule has 0 N–H and O–H groups in total. The molecule has 12 heteroatoms. The molecule has 0 unspecified atom stereocenters. The van der Waals surface area contributed by atoms with Gasteiger partial charge in [0.05, 0.1) is 33.3 Å². The second-order valence-corrected chi connectivity index (χ2v) is 9.90. The lowest BCUT2D eigenvalue weighted by Gasteiger charge is -2.17.